The summed E-state index contributed by atoms with van der Waals surface area (Å²) in [5, 5.41) is 0. The molecule has 0 saturated carbocycles. The molecule has 1 aromatic heterocycles. The van der Waals surface area contributed by atoms with Crippen LogP contribution in [0.2, 0.25) is 0 Å². The Balaban J connectivity index is 2.11. The van der Waals surface area contributed by atoms with Crippen molar-refractivity contribution in [3.05, 3.63) is 70.1 Å². The summed E-state index contributed by atoms with van der Waals surface area (Å²) in [6.07, 6.45) is -3.68. The van der Waals surface area contributed by atoms with Crippen molar-refractivity contribution in [1.29, 1.82) is 0 Å². The van der Waals surface area contributed by atoms with E-state index in [-0.39, 0.29) is 33.7 Å². The fraction of sp³-hybridized carbons (Fsp3) is 0.0588. The first-order chi connectivity index (χ1) is 12.2. The number of hydrogen-bond acceptors (Lipinski definition) is 2. The van der Waals surface area contributed by atoms with E-state index in [2.05, 4.69) is 15.9 Å². The Morgan fingerprint density at radius 1 is 0.923 bits per heavy atom. The highest BCUT2D eigenvalue weighted by Crippen LogP contribution is 2.41. The molecule has 2 nitrogen and oxygen atoms in total. The van der Waals surface area contributed by atoms with Gasteiger partial charge in [0.15, 0.2) is 17.4 Å². The molecule has 0 unspecified atom stereocenters. The third-order valence-corrected chi connectivity index (χ3v) is 3.78. The maximum Gasteiger partial charge on any atom is 0.416 e. The Morgan fingerprint density at radius 2 is 1.58 bits per heavy atom. The van der Waals surface area contributed by atoms with Gasteiger partial charge in [0.2, 0.25) is 0 Å². The minimum Gasteiger partial charge on any atom is -0.464 e. The van der Waals surface area contributed by atoms with Crippen LogP contribution in [-0.2, 0) is 6.18 Å². The van der Waals surface area contributed by atoms with Gasteiger partial charge in [-0.05, 0) is 36.4 Å². The summed E-state index contributed by atoms with van der Waals surface area (Å²) in [6.45, 7) is 0. The average molecular weight is 437 g/mol. The first kappa shape index (κ1) is 18.4. The zero-order valence-electron chi connectivity index (χ0n) is 12.5. The molecule has 0 bridgehead atoms. The van der Waals surface area contributed by atoms with E-state index in [4.69, 9.17) is 9.15 Å². The van der Waals surface area contributed by atoms with E-state index in [9.17, 15) is 26.3 Å². The van der Waals surface area contributed by atoms with Crippen molar-refractivity contribution in [3.63, 3.8) is 0 Å². The largest absolute Gasteiger partial charge is 0.464 e. The van der Waals surface area contributed by atoms with Crippen molar-refractivity contribution in [3.8, 4) is 22.8 Å². The molecule has 26 heavy (non-hydrogen) atoms. The van der Waals surface area contributed by atoms with Crippen LogP contribution in [0.1, 0.15) is 5.56 Å². The van der Waals surface area contributed by atoms with Crippen molar-refractivity contribution in [2.45, 2.75) is 6.18 Å². The average Bonchev–Trinajstić information content (AvgIpc) is 3.03. The lowest BCUT2D eigenvalue weighted by Gasteiger charge is -2.14. The molecule has 0 aliphatic heterocycles. The highest BCUT2D eigenvalue weighted by atomic mass is 79.9. The topological polar surface area (TPSA) is 22.4 Å². The van der Waals surface area contributed by atoms with Gasteiger partial charge in [0.1, 0.15) is 17.3 Å². The van der Waals surface area contributed by atoms with Gasteiger partial charge in [0.25, 0.3) is 0 Å². The van der Waals surface area contributed by atoms with Crippen LogP contribution in [-0.4, -0.2) is 0 Å². The molecular formula is C17H7BrF6O2. The summed E-state index contributed by atoms with van der Waals surface area (Å²) in [6, 6.07) is 5.32. The number of hydrogen-bond donors (Lipinski definition) is 0. The van der Waals surface area contributed by atoms with Crippen molar-refractivity contribution >= 4 is 15.9 Å². The first-order valence-corrected chi connectivity index (χ1v) is 7.73. The van der Waals surface area contributed by atoms with Gasteiger partial charge in [-0.2, -0.15) is 13.2 Å². The van der Waals surface area contributed by atoms with Gasteiger partial charge in [0.05, 0.1) is 17.4 Å². The van der Waals surface area contributed by atoms with Crippen LogP contribution >= 0.6 is 15.9 Å². The molecule has 0 spiro atoms. The lowest BCUT2D eigenvalue weighted by Crippen LogP contribution is -2.07. The smallest absolute Gasteiger partial charge is 0.416 e. The van der Waals surface area contributed by atoms with Gasteiger partial charge in [0, 0.05) is 4.47 Å². The SMILES string of the molecule is Fc1cc(C(F)(F)F)cc(F)c1Oc1cc(Br)cc(F)c1-c1ccco1. The molecule has 0 radical (unpaired) electrons. The van der Waals surface area contributed by atoms with Crippen LogP contribution in [0, 0.1) is 17.5 Å². The van der Waals surface area contributed by atoms with E-state index < -0.39 is 34.9 Å². The second-order valence-electron chi connectivity index (χ2n) is 5.11. The van der Waals surface area contributed by atoms with Crippen LogP contribution in [0.3, 0.4) is 0 Å². The minimum atomic E-state index is -4.93. The summed E-state index contributed by atoms with van der Waals surface area (Å²) in [4.78, 5) is 0. The van der Waals surface area contributed by atoms with E-state index >= 15 is 0 Å². The Bertz CT molecular complexity index is 928. The highest BCUT2D eigenvalue weighted by molar-refractivity contribution is 9.10. The summed E-state index contributed by atoms with van der Waals surface area (Å²) < 4.78 is 90.5. The quantitative estimate of drug-likeness (QED) is 0.415. The van der Waals surface area contributed by atoms with Gasteiger partial charge in [-0.3, -0.25) is 0 Å². The molecule has 0 saturated heterocycles. The van der Waals surface area contributed by atoms with E-state index in [1.165, 1.54) is 24.5 Å². The standard InChI is InChI=1S/C17H7BrF6O2/c18-9-6-10(19)15(13-2-1-3-25-13)14(7-9)26-16-11(20)4-8(5-12(16)21)17(22,23)24/h1-7H. The molecule has 9 heteroatoms. The lowest BCUT2D eigenvalue weighted by atomic mass is 10.1. The maximum atomic E-state index is 14.3. The molecule has 3 aromatic rings. The molecule has 3 rings (SSSR count). The Morgan fingerprint density at radius 3 is 2.12 bits per heavy atom. The van der Waals surface area contributed by atoms with Gasteiger partial charge in [-0.1, -0.05) is 15.9 Å². The summed E-state index contributed by atoms with van der Waals surface area (Å²) in [7, 11) is 0. The zero-order valence-corrected chi connectivity index (χ0v) is 14.1. The van der Waals surface area contributed by atoms with E-state index in [1.54, 1.807) is 0 Å². The number of rotatable bonds is 3. The number of furan rings is 1. The fourth-order valence-corrected chi connectivity index (χ4v) is 2.63. The third-order valence-electron chi connectivity index (χ3n) is 3.32. The predicted octanol–water partition coefficient (Wildman–Crippen LogP) is 6.94. The van der Waals surface area contributed by atoms with E-state index in [0.29, 0.717) is 0 Å². The molecule has 136 valence electrons. The molecule has 0 atom stereocenters. The summed E-state index contributed by atoms with van der Waals surface area (Å²) >= 11 is 3.01. The molecule has 0 aliphatic rings. The van der Waals surface area contributed by atoms with Crippen molar-refractivity contribution in [2.24, 2.45) is 0 Å². The highest BCUT2D eigenvalue weighted by Gasteiger charge is 2.33. The van der Waals surface area contributed by atoms with E-state index in [0.717, 1.165) is 6.07 Å². The Labute approximate surface area is 151 Å². The van der Waals surface area contributed by atoms with Crippen molar-refractivity contribution in [1.82, 2.24) is 0 Å². The maximum absolute atomic E-state index is 14.3. The summed E-state index contributed by atoms with van der Waals surface area (Å²) in [5.41, 5.74) is -1.75. The lowest BCUT2D eigenvalue weighted by molar-refractivity contribution is -0.138. The molecule has 0 N–H and O–H groups in total. The van der Waals surface area contributed by atoms with Crippen LogP contribution in [0.15, 0.2) is 51.6 Å². The van der Waals surface area contributed by atoms with Crippen LogP contribution in [0.4, 0.5) is 26.3 Å². The van der Waals surface area contributed by atoms with Crippen molar-refractivity contribution in [2.75, 3.05) is 0 Å². The third kappa shape index (κ3) is 3.57. The molecular weight excluding hydrogens is 430 g/mol. The Hall–Kier alpha value is -2.42. The van der Waals surface area contributed by atoms with Gasteiger partial charge in [-0.15, -0.1) is 0 Å². The second kappa shape index (κ2) is 6.71. The van der Waals surface area contributed by atoms with E-state index in [1.807, 2.05) is 0 Å². The fourth-order valence-electron chi connectivity index (χ4n) is 2.22. The minimum absolute atomic E-state index is 0.0118. The molecule has 1 heterocycles. The van der Waals surface area contributed by atoms with Gasteiger partial charge >= 0.3 is 6.18 Å². The number of benzene rings is 2. The molecule has 0 fully saturated rings. The summed E-state index contributed by atoms with van der Waals surface area (Å²) in [5.74, 6) is -5.41. The number of ether oxygens (including phenoxy) is 1. The normalized spacial score (nSPS) is 11.7. The molecule has 2 aromatic carbocycles. The molecule has 0 amide bonds. The molecule has 0 aliphatic carbocycles. The second-order valence-corrected chi connectivity index (χ2v) is 6.02. The number of halogens is 7. The van der Waals surface area contributed by atoms with Crippen molar-refractivity contribution < 1.29 is 35.5 Å². The van der Waals surface area contributed by atoms with Crippen LogP contribution in [0.5, 0.6) is 11.5 Å². The van der Waals surface area contributed by atoms with Crippen LogP contribution in [0.25, 0.3) is 11.3 Å². The van der Waals surface area contributed by atoms with Gasteiger partial charge in [-0.25, -0.2) is 13.2 Å². The van der Waals surface area contributed by atoms with Gasteiger partial charge < -0.3 is 9.15 Å². The number of alkyl halides is 3. The first-order valence-electron chi connectivity index (χ1n) is 6.94. The zero-order chi connectivity index (χ0) is 19.1. The Kier molecular flexibility index (Phi) is 4.74. The van der Waals surface area contributed by atoms with Crippen LogP contribution < -0.4 is 4.74 Å². The predicted molar refractivity (Wildman–Crippen MR) is 83.2 cm³/mol. The monoisotopic (exact) mass is 436 g/mol.